The van der Waals surface area contributed by atoms with Crippen molar-refractivity contribution in [3.8, 4) is 0 Å². The first kappa shape index (κ1) is 32.1. The molecule has 5 rings (SSSR count). The van der Waals surface area contributed by atoms with Gasteiger partial charge >= 0.3 is 12.4 Å². The van der Waals surface area contributed by atoms with Crippen LogP contribution in [-0.2, 0) is 29.2 Å². The Morgan fingerprint density at radius 3 is 1.82 bits per heavy atom. The molecule has 236 valence electrons. The second kappa shape index (κ2) is 13.0. The number of benzene rings is 3. The summed E-state index contributed by atoms with van der Waals surface area (Å²) < 4.78 is 81.0. The van der Waals surface area contributed by atoms with Crippen molar-refractivity contribution < 1.29 is 31.1 Å². The van der Waals surface area contributed by atoms with Crippen LogP contribution in [0.2, 0.25) is 0 Å². The Hall–Kier alpha value is -3.33. The summed E-state index contributed by atoms with van der Waals surface area (Å²) in [6.07, 6.45) is -4.67. The second-order valence-corrected chi connectivity index (χ2v) is 12.4. The predicted molar refractivity (Wildman–Crippen MR) is 158 cm³/mol. The van der Waals surface area contributed by atoms with Gasteiger partial charge in [-0.1, -0.05) is 60.7 Å². The number of nitrogens with one attached hydrogen (secondary N) is 1. The van der Waals surface area contributed by atoms with Crippen molar-refractivity contribution >= 4 is 5.91 Å². The lowest BCUT2D eigenvalue weighted by Gasteiger charge is -2.45. The van der Waals surface area contributed by atoms with Crippen LogP contribution in [0.5, 0.6) is 0 Å². The molecule has 1 amide bonds. The average Bonchev–Trinajstić information content (AvgIpc) is 3.01. The van der Waals surface area contributed by atoms with Crippen LogP contribution in [0.15, 0.2) is 78.9 Å². The van der Waals surface area contributed by atoms with Crippen molar-refractivity contribution in [1.29, 1.82) is 0 Å². The van der Waals surface area contributed by atoms with Crippen LogP contribution in [0.3, 0.4) is 0 Å². The number of amides is 1. The van der Waals surface area contributed by atoms with Crippen LogP contribution in [0.4, 0.5) is 26.3 Å². The zero-order valence-corrected chi connectivity index (χ0v) is 24.7. The molecule has 44 heavy (non-hydrogen) atoms. The maximum Gasteiger partial charge on any atom is 0.416 e. The van der Waals surface area contributed by atoms with Gasteiger partial charge in [-0.05, 0) is 105 Å². The minimum absolute atomic E-state index is 0.0903. The van der Waals surface area contributed by atoms with Crippen molar-refractivity contribution in [1.82, 2.24) is 10.2 Å². The standard InChI is InChI=1S/C35H38F6N2O/c1-24(28-20-30(34(36,37)38)22-31(21-28)35(39,40)41)32(44)42-33(29-10-6-3-7-11-29)16-12-26(13-17-33)27-14-18-43(19-15-27)23-25-8-4-2-5-9-25/h2-11,20-22,24,26-27H,12-19,23H2,1H3,(H,42,44). The fourth-order valence-corrected chi connectivity index (χ4v) is 7.00. The molecule has 1 saturated heterocycles. The van der Waals surface area contributed by atoms with E-state index in [0.717, 1.165) is 50.9 Å². The zero-order valence-electron chi connectivity index (χ0n) is 24.7. The maximum absolute atomic E-state index is 13.6. The highest BCUT2D eigenvalue weighted by Gasteiger charge is 2.42. The SMILES string of the molecule is CC(C(=O)NC1(c2ccccc2)CCC(C2CCN(Cc3ccccc3)CC2)CC1)c1cc(C(F)(F)F)cc(C(F)(F)F)c1. The molecule has 1 unspecified atom stereocenters. The number of likely N-dealkylation sites (tertiary alicyclic amines) is 1. The second-order valence-electron chi connectivity index (χ2n) is 12.4. The topological polar surface area (TPSA) is 32.3 Å². The molecule has 3 nitrogen and oxygen atoms in total. The summed E-state index contributed by atoms with van der Waals surface area (Å²) in [5.74, 6) is -0.728. The third-order valence-corrected chi connectivity index (χ3v) is 9.62. The van der Waals surface area contributed by atoms with Crippen LogP contribution in [-0.4, -0.2) is 23.9 Å². The number of nitrogens with zero attached hydrogens (tertiary/aromatic N) is 1. The Morgan fingerprint density at radius 1 is 0.795 bits per heavy atom. The monoisotopic (exact) mass is 616 g/mol. The summed E-state index contributed by atoms with van der Waals surface area (Å²) >= 11 is 0. The van der Waals surface area contributed by atoms with E-state index < -0.39 is 40.8 Å². The molecule has 3 aromatic rings. The number of rotatable bonds is 7. The van der Waals surface area contributed by atoms with Crippen molar-refractivity contribution in [2.75, 3.05) is 13.1 Å². The van der Waals surface area contributed by atoms with Gasteiger partial charge in [-0.2, -0.15) is 26.3 Å². The van der Waals surface area contributed by atoms with Gasteiger partial charge in [-0.25, -0.2) is 0 Å². The van der Waals surface area contributed by atoms with Crippen LogP contribution in [0, 0.1) is 11.8 Å². The van der Waals surface area contributed by atoms with Crippen LogP contribution in [0.25, 0.3) is 0 Å². The third-order valence-electron chi connectivity index (χ3n) is 9.62. The van der Waals surface area contributed by atoms with E-state index in [9.17, 15) is 31.1 Å². The molecule has 3 aromatic carbocycles. The summed E-state index contributed by atoms with van der Waals surface area (Å²) in [6, 6.07) is 21.3. The van der Waals surface area contributed by atoms with Crippen LogP contribution < -0.4 is 5.32 Å². The van der Waals surface area contributed by atoms with Crippen molar-refractivity contribution in [2.24, 2.45) is 11.8 Å². The van der Waals surface area contributed by atoms with E-state index >= 15 is 0 Å². The summed E-state index contributed by atoms with van der Waals surface area (Å²) in [5.41, 5.74) is -1.70. The lowest BCUT2D eigenvalue weighted by molar-refractivity contribution is -0.143. The number of hydrogen-bond acceptors (Lipinski definition) is 2. The van der Waals surface area contributed by atoms with E-state index in [1.807, 2.05) is 36.4 Å². The fraction of sp³-hybridized carbons (Fsp3) is 0.457. The van der Waals surface area contributed by atoms with E-state index in [1.54, 1.807) is 0 Å². The molecule has 1 saturated carbocycles. The fourth-order valence-electron chi connectivity index (χ4n) is 7.00. The van der Waals surface area contributed by atoms with E-state index in [4.69, 9.17) is 0 Å². The lowest BCUT2D eigenvalue weighted by atomic mass is 9.67. The van der Waals surface area contributed by atoms with Crippen molar-refractivity contribution in [2.45, 2.75) is 75.8 Å². The summed E-state index contributed by atoms with van der Waals surface area (Å²) in [7, 11) is 0. The van der Waals surface area contributed by atoms with E-state index in [1.165, 1.54) is 12.5 Å². The number of alkyl halides is 6. The molecule has 1 aliphatic carbocycles. The molecule has 9 heteroatoms. The zero-order chi connectivity index (χ0) is 31.5. The van der Waals surface area contributed by atoms with Gasteiger partial charge in [0.2, 0.25) is 5.91 Å². The van der Waals surface area contributed by atoms with E-state index in [0.29, 0.717) is 36.8 Å². The largest absolute Gasteiger partial charge is 0.416 e. The van der Waals surface area contributed by atoms with Gasteiger partial charge in [0.1, 0.15) is 0 Å². The number of piperidine rings is 1. The summed E-state index contributed by atoms with van der Waals surface area (Å²) in [5, 5.41) is 3.11. The maximum atomic E-state index is 13.6. The first-order valence-electron chi connectivity index (χ1n) is 15.3. The molecular formula is C35H38F6N2O. The molecule has 1 atom stereocenters. The number of carbonyl (C=O) groups is 1. The van der Waals surface area contributed by atoms with Gasteiger partial charge in [0.05, 0.1) is 22.6 Å². The average molecular weight is 617 g/mol. The van der Waals surface area contributed by atoms with E-state index in [-0.39, 0.29) is 11.6 Å². The molecule has 2 aliphatic rings. The molecule has 0 radical (unpaired) electrons. The van der Waals surface area contributed by atoms with Gasteiger partial charge in [0, 0.05) is 6.54 Å². The highest BCUT2D eigenvalue weighted by atomic mass is 19.4. The quantitative estimate of drug-likeness (QED) is 0.269. The molecule has 2 fully saturated rings. The highest BCUT2D eigenvalue weighted by Crippen LogP contribution is 2.45. The Kier molecular flexibility index (Phi) is 9.44. The number of hydrogen-bond donors (Lipinski definition) is 1. The number of halogens is 6. The minimum atomic E-state index is -4.98. The first-order valence-corrected chi connectivity index (χ1v) is 15.3. The van der Waals surface area contributed by atoms with Gasteiger partial charge in [0.15, 0.2) is 0 Å². The molecule has 1 heterocycles. The van der Waals surface area contributed by atoms with Gasteiger partial charge in [-0.15, -0.1) is 0 Å². The summed E-state index contributed by atoms with van der Waals surface area (Å²) in [4.78, 5) is 16.1. The molecule has 0 aromatic heterocycles. The third kappa shape index (κ3) is 7.48. The number of carbonyl (C=O) groups excluding carboxylic acids is 1. The Bertz CT molecular complexity index is 1360. The minimum Gasteiger partial charge on any atom is -0.346 e. The Labute approximate surface area is 254 Å². The summed E-state index contributed by atoms with van der Waals surface area (Å²) in [6.45, 7) is 4.37. The van der Waals surface area contributed by atoms with Crippen molar-refractivity contribution in [3.05, 3.63) is 107 Å². The molecule has 1 N–H and O–H groups in total. The Morgan fingerprint density at radius 2 is 1.30 bits per heavy atom. The van der Waals surface area contributed by atoms with Crippen molar-refractivity contribution in [3.63, 3.8) is 0 Å². The molecule has 0 bridgehead atoms. The molecule has 0 spiro atoms. The normalized spacial score (nSPS) is 22.8. The van der Waals surface area contributed by atoms with Gasteiger partial charge in [-0.3, -0.25) is 9.69 Å². The first-order chi connectivity index (χ1) is 20.8. The smallest absolute Gasteiger partial charge is 0.346 e. The van der Waals surface area contributed by atoms with E-state index in [2.05, 4.69) is 34.5 Å². The molecular weight excluding hydrogens is 578 g/mol. The van der Waals surface area contributed by atoms with Crippen LogP contribution in [0.1, 0.15) is 79.2 Å². The predicted octanol–water partition coefficient (Wildman–Crippen LogP) is 8.94. The lowest BCUT2D eigenvalue weighted by Crippen LogP contribution is -2.50. The van der Waals surface area contributed by atoms with Crippen LogP contribution >= 0.6 is 0 Å². The van der Waals surface area contributed by atoms with Gasteiger partial charge < -0.3 is 5.32 Å². The van der Waals surface area contributed by atoms with Gasteiger partial charge in [0.25, 0.3) is 0 Å². The molecule has 1 aliphatic heterocycles. The Balaban J connectivity index is 1.29. The highest BCUT2D eigenvalue weighted by molar-refractivity contribution is 5.84.